The average molecular weight is 343 g/mol. The van der Waals surface area contributed by atoms with Crippen LogP contribution >= 0.6 is 24.0 Å². The normalized spacial score (nSPS) is 23.0. The Labute approximate surface area is 143 Å². The number of hydrogen-bond acceptors (Lipinski definition) is 2. The maximum atomic E-state index is 12.9. The van der Waals surface area contributed by atoms with Crippen LogP contribution in [-0.4, -0.2) is 30.4 Å². The summed E-state index contributed by atoms with van der Waals surface area (Å²) in [6, 6.07) is 7.96. The maximum Gasteiger partial charge on any atom is 0.226 e. The summed E-state index contributed by atoms with van der Waals surface area (Å²) in [5.41, 5.74) is 1.07. The molecule has 1 amide bonds. The quantitative estimate of drug-likeness (QED) is 0.886. The summed E-state index contributed by atoms with van der Waals surface area (Å²) in [6.45, 7) is 2.45. The minimum absolute atomic E-state index is 0. The van der Waals surface area contributed by atoms with Gasteiger partial charge in [-0.2, -0.15) is 0 Å². The minimum Gasteiger partial charge on any atom is -0.333 e. The Bertz CT molecular complexity index is 503. The van der Waals surface area contributed by atoms with Crippen molar-refractivity contribution in [1.82, 2.24) is 10.2 Å². The molecule has 1 heterocycles. The zero-order chi connectivity index (χ0) is 14.7. The van der Waals surface area contributed by atoms with Crippen LogP contribution in [0.5, 0.6) is 0 Å². The summed E-state index contributed by atoms with van der Waals surface area (Å²) in [4.78, 5) is 15.0. The van der Waals surface area contributed by atoms with Crippen molar-refractivity contribution in [3.63, 3.8) is 0 Å². The van der Waals surface area contributed by atoms with Gasteiger partial charge in [-0.25, -0.2) is 0 Å². The van der Waals surface area contributed by atoms with Crippen molar-refractivity contribution in [2.24, 2.45) is 5.92 Å². The number of benzene rings is 1. The number of hydrogen-bond donors (Lipinski definition) is 1. The molecule has 1 atom stereocenters. The van der Waals surface area contributed by atoms with Gasteiger partial charge in [0.25, 0.3) is 0 Å². The third kappa shape index (κ3) is 3.76. The van der Waals surface area contributed by atoms with Crippen LogP contribution in [0.2, 0.25) is 5.02 Å². The molecule has 1 aliphatic heterocycles. The lowest BCUT2D eigenvalue weighted by Crippen LogP contribution is -2.50. The molecule has 1 N–H and O–H groups in total. The highest BCUT2D eigenvalue weighted by molar-refractivity contribution is 6.31. The summed E-state index contributed by atoms with van der Waals surface area (Å²) in [7, 11) is 0. The smallest absolute Gasteiger partial charge is 0.226 e. The molecule has 1 aromatic carbocycles. The third-order valence-corrected chi connectivity index (χ3v) is 5.09. The van der Waals surface area contributed by atoms with E-state index < -0.39 is 0 Å². The molecule has 122 valence electrons. The first-order valence-corrected chi connectivity index (χ1v) is 8.41. The fraction of sp³-hybridized carbons (Fsp3) is 0.588. The summed E-state index contributed by atoms with van der Waals surface area (Å²) >= 11 is 6.35. The van der Waals surface area contributed by atoms with Crippen molar-refractivity contribution in [3.8, 4) is 0 Å². The number of carbonyl (C=O) groups excluding carboxylic acids is 1. The highest BCUT2D eigenvalue weighted by atomic mass is 35.5. The zero-order valence-corrected chi connectivity index (χ0v) is 14.3. The van der Waals surface area contributed by atoms with Crippen LogP contribution < -0.4 is 5.32 Å². The van der Waals surface area contributed by atoms with Crippen LogP contribution in [0.25, 0.3) is 0 Å². The predicted molar refractivity (Wildman–Crippen MR) is 92.6 cm³/mol. The minimum atomic E-state index is 0. The van der Waals surface area contributed by atoms with Gasteiger partial charge in [0.2, 0.25) is 5.91 Å². The van der Waals surface area contributed by atoms with E-state index in [0.717, 1.165) is 43.1 Å². The van der Waals surface area contributed by atoms with Gasteiger partial charge in [0, 0.05) is 30.6 Å². The number of nitrogens with zero attached hydrogens (tertiary/aromatic N) is 1. The van der Waals surface area contributed by atoms with E-state index in [2.05, 4.69) is 10.2 Å². The van der Waals surface area contributed by atoms with Gasteiger partial charge in [0.05, 0.1) is 6.04 Å². The number of halogens is 2. The standard InChI is InChI=1S/C17H23ClN2O.ClH/c18-15-9-5-4-8-14(15)16-12-19-10-11-20(16)17(21)13-6-2-1-3-7-13;/h4-5,8-9,13,16,19H,1-3,6-7,10-12H2;1H. The van der Waals surface area contributed by atoms with E-state index in [9.17, 15) is 4.79 Å². The summed E-state index contributed by atoms with van der Waals surface area (Å²) in [6.07, 6.45) is 5.77. The molecule has 1 saturated carbocycles. The first-order valence-electron chi connectivity index (χ1n) is 8.03. The molecule has 3 nitrogen and oxygen atoms in total. The number of carbonyl (C=O) groups is 1. The topological polar surface area (TPSA) is 32.3 Å². The summed E-state index contributed by atoms with van der Waals surface area (Å²) < 4.78 is 0. The molecule has 1 unspecified atom stereocenters. The van der Waals surface area contributed by atoms with E-state index in [0.29, 0.717) is 5.91 Å². The van der Waals surface area contributed by atoms with Crippen LogP contribution in [0, 0.1) is 5.92 Å². The van der Waals surface area contributed by atoms with Gasteiger partial charge < -0.3 is 10.2 Å². The van der Waals surface area contributed by atoms with E-state index in [4.69, 9.17) is 11.6 Å². The Morgan fingerprint density at radius 3 is 2.64 bits per heavy atom. The second kappa shape index (κ2) is 8.19. The fourth-order valence-corrected chi connectivity index (χ4v) is 3.84. The molecule has 1 saturated heterocycles. The van der Waals surface area contributed by atoms with Crippen LogP contribution in [0.3, 0.4) is 0 Å². The first-order chi connectivity index (χ1) is 10.3. The predicted octanol–water partition coefficient (Wildman–Crippen LogP) is 3.82. The van der Waals surface area contributed by atoms with E-state index in [1.54, 1.807) is 0 Å². The molecule has 0 radical (unpaired) electrons. The van der Waals surface area contributed by atoms with Gasteiger partial charge in [0.1, 0.15) is 0 Å². The van der Waals surface area contributed by atoms with Crippen molar-refractivity contribution >= 4 is 29.9 Å². The molecule has 3 rings (SSSR count). The van der Waals surface area contributed by atoms with Crippen molar-refractivity contribution in [3.05, 3.63) is 34.9 Å². The lowest BCUT2D eigenvalue weighted by Gasteiger charge is -2.39. The molecule has 0 aromatic heterocycles. The number of amides is 1. The second-order valence-corrected chi connectivity index (χ2v) is 6.52. The molecule has 5 heteroatoms. The molecule has 0 spiro atoms. The Morgan fingerprint density at radius 1 is 1.18 bits per heavy atom. The third-order valence-electron chi connectivity index (χ3n) is 4.75. The molecule has 1 aliphatic carbocycles. The van der Waals surface area contributed by atoms with Crippen LogP contribution in [-0.2, 0) is 4.79 Å². The fourth-order valence-electron chi connectivity index (χ4n) is 3.58. The highest BCUT2D eigenvalue weighted by Gasteiger charge is 2.33. The zero-order valence-electron chi connectivity index (χ0n) is 12.8. The number of piperazine rings is 1. The Morgan fingerprint density at radius 2 is 1.91 bits per heavy atom. The van der Waals surface area contributed by atoms with E-state index in [1.165, 1.54) is 19.3 Å². The van der Waals surface area contributed by atoms with Crippen molar-refractivity contribution in [2.75, 3.05) is 19.6 Å². The Kier molecular flexibility index (Phi) is 6.54. The van der Waals surface area contributed by atoms with E-state index >= 15 is 0 Å². The van der Waals surface area contributed by atoms with E-state index in [1.807, 2.05) is 24.3 Å². The van der Waals surface area contributed by atoms with E-state index in [-0.39, 0.29) is 24.4 Å². The second-order valence-electron chi connectivity index (χ2n) is 6.11. The van der Waals surface area contributed by atoms with Crippen LogP contribution in [0.1, 0.15) is 43.7 Å². The van der Waals surface area contributed by atoms with Gasteiger partial charge in [-0.3, -0.25) is 4.79 Å². The molecular formula is C17H24Cl2N2O. The van der Waals surface area contributed by atoms with Gasteiger partial charge in [0.15, 0.2) is 0 Å². The van der Waals surface area contributed by atoms with Gasteiger partial charge in [-0.1, -0.05) is 49.1 Å². The monoisotopic (exact) mass is 342 g/mol. The van der Waals surface area contributed by atoms with Crippen LogP contribution in [0.4, 0.5) is 0 Å². The molecule has 2 fully saturated rings. The molecule has 0 bridgehead atoms. The lowest BCUT2D eigenvalue weighted by molar-refractivity contribution is -0.140. The first kappa shape index (κ1) is 17.6. The Balaban J connectivity index is 0.00000176. The van der Waals surface area contributed by atoms with Crippen molar-refractivity contribution in [2.45, 2.75) is 38.1 Å². The number of rotatable bonds is 2. The van der Waals surface area contributed by atoms with Crippen molar-refractivity contribution in [1.29, 1.82) is 0 Å². The Hall–Kier alpha value is -0.770. The van der Waals surface area contributed by atoms with Crippen LogP contribution in [0.15, 0.2) is 24.3 Å². The lowest BCUT2D eigenvalue weighted by atomic mass is 9.87. The molecular weight excluding hydrogens is 319 g/mol. The maximum absolute atomic E-state index is 12.9. The summed E-state index contributed by atoms with van der Waals surface area (Å²) in [5.74, 6) is 0.558. The van der Waals surface area contributed by atoms with Gasteiger partial charge >= 0.3 is 0 Å². The largest absolute Gasteiger partial charge is 0.333 e. The molecule has 2 aliphatic rings. The average Bonchev–Trinajstić information content (AvgIpc) is 2.55. The van der Waals surface area contributed by atoms with Gasteiger partial charge in [-0.15, -0.1) is 12.4 Å². The number of nitrogens with one attached hydrogen (secondary N) is 1. The highest BCUT2D eigenvalue weighted by Crippen LogP contribution is 2.32. The summed E-state index contributed by atoms with van der Waals surface area (Å²) in [5, 5.41) is 4.15. The van der Waals surface area contributed by atoms with Crippen molar-refractivity contribution < 1.29 is 4.79 Å². The SMILES string of the molecule is Cl.O=C(C1CCCCC1)N1CCNCC1c1ccccc1Cl. The molecule has 1 aromatic rings. The molecule has 22 heavy (non-hydrogen) atoms. The van der Waals surface area contributed by atoms with Gasteiger partial charge in [-0.05, 0) is 24.5 Å².